The van der Waals surface area contributed by atoms with Crippen LogP contribution in [0.25, 0.3) is 0 Å². The minimum absolute atomic E-state index is 0.0969. The van der Waals surface area contributed by atoms with Crippen molar-refractivity contribution in [2.45, 2.75) is 19.4 Å². The molecule has 0 unspecified atom stereocenters. The Kier molecular flexibility index (Phi) is 4.25. The van der Waals surface area contributed by atoms with Crippen LogP contribution in [0, 0.1) is 0 Å². The van der Waals surface area contributed by atoms with Crippen LogP contribution >= 0.6 is 0 Å². The van der Waals surface area contributed by atoms with Gasteiger partial charge in [-0.3, -0.25) is 0 Å². The molecule has 6 nitrogen and oxygen atoms in total. The molecule has 1 heterocycles. The number of carbonyl (C=O) groups is 1. The van der Waals surface area contributed by atoms with E-state index in [2.05, 4.69) is 10.1 Å². The van der Waals surface area contributed by atoms with Crippen LogP contribution in [0.1, 0.15) is 35.0 Å². The molecule has 0 saturated carbocycles. The molecule has 1 aromatic carbocycles. The number of hydrogen-bond donors (Lipinski definition) is 1. The molecular weight excluding hydrogens is 246 g/mol. The van der Waals surface area contributed by atoms with E-state index >= 15 is 0 Å². The van der Waals surface area contributed by atoms with E-state index in [0.29, 0.717) is 6.42 Å². The second-order valence-electron chi connectivity index (χ2n) is 3.97. The molecule has 2 aromatic rings. The summed E-state index contributed by atoms with van der Waals surface area (Å²) in [6, 6.07) is 9.27. The van der Waals surface area contributed by atoms with E-state index in [1.807, 2.05) is 30.3 Å². The van der Waals surface area contributed by atoms with Gasteiger partial charge in [-0.25, -0.2) is 4.79 Å². The molecule has 0 bridgehead atoms. The maximum Gasteiger partial charge on any atom is 0.379 e. The smallest absolute Gasteiger partial charge is 0.379 e. The van der Waals surface area contributed by atoms with E-state index < -0.39 is 12.0 Å². The molecule has 1 atom stereocenters. The maximum absolute atomic E-state index is 11.4. The van der Waals surface area contributed by atoms with Crippen molar-refractivity contribution in [3.8, 4) is 0 Å². The Morgan fingerprint density at radius 3 is 2.84 bits per heavy atom. The van der Waals surface area contributed by atoms with Crippen LogP contribution in [0.4, 0.5) is 0 Å². The summed E-state index contributed by atoms with van der Waals surface area (Å²) in [6.45, 7) is 1.97. The summed E-state index contributed by atoms with van der Waals surface area (Å²) in [5, 5.41) is 3.56. The molecule has 2 N–H and O–H groups in total. The Morgan fingerprint density at radius 1 is 1.42 bits per heavy atom. The number of ether oxygens (including phenoxy) is 1. The lowest BCUT2D eigenvalue weighted by molar-refractivity contribution is 0.0508. The van der Waals surface area contributed by atoms with Gasteiger partial charge >= 0.3 is 5.97 Å². The van der Waals surface area contributed by atoms with Gasteiger partial charge in [0.1, 0.15) is 0 Å². The molecule has 0 saturated heterocycles. The van der Waals surface area contributed by atoms with E-state index in [1.165, 1.54) is 0 Å². The van der Waals surface area contributed by atoms with Crippen molar-refractivity contribution in [1.29, 1.82) is 0 Å². The normalized spacial score (nSPS) is 12.1. The standard InChI is InChI=1S/C13H15N3O3/c1-2-18-13(17)11-15-12(19-16-11)10(14)8-9-6-4-3-5-7-9/h3-7,10H,2,8,14H2,1H3/t10-/m0/s1. The fourth-order valence-corrected chi connectivity index (χ4v) is 1.62. The lowest BCUT2D eigenvalue weighted by atomic mass is 10.1. The highest BCUT2D eigenvalue weighted by atomic mass is 16.5. The van der Waals surface area contributed by atoms with Gasteiger partial charge in [0.2, 0.25) is 5.89 Å². The number of benzene rings is 1. The van der Waals surface area contributed by atoms with Gasteiger partial charge in [0.25, 0.3) is 5.82 Å². The monoisotopic (exact) mass is 261 g/mol. The average Bonchev–Trinajstić information content (AvgIpc) is 2.90. The van der Waals surface area contributed by atoms with Crippen molar-refractivity contribution in [1.82, 2.24) is 10.1 Å². The van der Waals surface area contributed by atoms with Crippen LogP contribution in [0.5, 0.6) is 0 Å². The fourth-order valence-electron chi connectivity index (χ4n) is 1.62. The number of aromatic nitrogens is 2. The van der Waals surface area contributed by atoms with Crippen molar-refractivity contribution in [2.75, 3.05) is 6.61 Å². The summed E-state index contributed by atoms with van der Waals surface area (Å²) < 4.78 is 9.75. The third-order valence-corrected chi connectivity index (χ3v) is 2.52. The Balaban J connectivity index is 2.04. The van der Waals surface area contributed by atoms with Crippen molar-refractivity contribution < 1.29 is 14.1 Å². The van der Waals surface area contributed by atoms with Gasteiger partial charge in [0.15, 0.2) is 0 Å². The zero-order valence-corrected chi connectivity index (χ0v) is 10.6. The zero-order valence-electron chi connectivity index (χ0n) is 10.6. The molecule has 6 heteroatoms. The molecule has 1 aromatic heterocycles. The maximum atomic E-state index is 11.4. The van der Waals surface area contributed by atoms with Gasteiger partial charge in [-0.2, -0.15) is 4.98 Å². The van der Waals surface area contributed by atoms with Crippen LogP contribution in [-0.2, 0) is 11.2 Å². The third-order valence-electron chi connectivity index (χ3n) is 2.52. The molecule has 0 aliphatic heterocycles. The van der Waals surface area contributed by atoms with Gasteiger partial charge in [0.05, 0.1) is 12.6 Å². The number of esters is 1. The Bertz CT molecular complexity index is 539. The second kappa shape index (κ2) is 6.10. The predicted molar refractivity (Wildman–Crippen MR) is 67.3 cm³/mol. The first-order valence-corrected chi connectivity index (χ1v) is 6.01. The van der Waals surface area contributed by atoms with E-state index in [1.54, 1.807) is 6.92 Å². The Morgan fingerprint density at radius 2 is 2.16 bits per heavy atom. The van der Waals surface area contributed by atoms with E-state index in [-0.39, 0.29) is 18.3 Å². The molecule has 0 aliphatic rings. The highest BCUT2D eigenvalue weighted by Gasteiger charge is 2.19. The summed E-state index contributed by atoms with van der Waals surface area (Å²) in [5.41, 5.74) is 7.03. The number of hydrogen-bond acceptors (Lipinski definition) is 6. The quantitative estimate of drug-likeness (QED) is 0.820. The van der Waals surface area contributed by atoms with Crippen LogP contribution in [-0.4, -0.2) is 22.7 Å². The lowest BCUT2D eigenvalue weighted by Crippen LogP contribution is -2.14. The Hall–Kier alpha value is -2.21. The van der Waals surface area contributed by atoms with Gasteiger partial charge in [-0.1, -0.05) is 30.3 Å². The summed E-state index contributed by atoms with van der Waals surface area (Å²) in [6.07, 6.45) is 0.561. The van der Waals surface area contributed by atoms with Gasteiger partial charge in [-0.15, -0.1) is 0 Å². The second-order valence-corrected chi connectivity index (χ2v) is 3.97. The number of carbonyl (C=O) groups excluding carboxylic acids is 1. The van der Waals surface area contributed by atoms with Crippen molar-refractivity contribution >= 4 is 5.97 Å². The third kappa shape index (κ3) is 3.38. The largest absolute Gasteiger partial charge is 0.460 e. The van der Waals surface area contributed by atoms with E-state index in [4.69, 9.17) is 15.0 Å². The highest BCUT2D eigenvalue weighted by Crippen LogP contribution is 2.14. The van der Waals surface area contributed by atoms with Crippen molar-refractivity contribution in [3.05, 3.63) is 47.6 Å². The number of nitrogens with two attached hydrogens (primary N) is 1. The number of nitrogens with zero attached hydrogens (tertiary/aromatic N) is 2. The summed E-state index contributed by atoms with van der Waals surface area (Å²) >= 11 is 0. The van der Waals surface area contributed by atoms with Crippen LogP contribution in [0.3, 0.4) is 0 Å². The van der Waals surface area contributed by atoms with Gasteiger partial charge in [-0.05, 0) is 24.1 Å². The van der Waals surface area contributed by atoms with Gasteiger partial charge in [0, 0.05) is 0 Å². The Labute approximate surface area is 110 Å². The van der Waals surface area contributed by atoms with Crippen LogP contribution in [0.15, 0.2) is 34.9 Å². The van der Waals surface area contributed by atoms with Gasteiger partial charge < -0.3 is 15.0 Å². The molecule has 2 rings (SSSR count). The molecule has 100 valence electrons. The topological polar surface area (TPSA) is 91.2 Å². The van der Waals surface area contributed by atoms with Crippen molar-refractivity contribution in [2.24, 2.45) is 5.73 Å². The van der Waals surface area contributed by atoms with E-state index in [0.717, 1.165) is 5.56 Å². The number of rotatable bonds is 5. The lowest BCUT2D eigenvalue weighted by Gasteiger charge is -2.05. The molecule has 0 amide bonds. The van der Waals surface area contributed by atoms with Crippen LogP contribution < -0.4 is 5.73 Å². The molecule has 0 fully saturated rings. The van der Waals surface area contributed by atoms with Crippen molar-refractivity contribution in [3.63, 3.8) is 0 Å². The highest BCUT2D eigenvalue weighted by molar-refractivity contribution is 5.84. The first-order valence-electron chi connectivity index (χ1n) is 6.01. The SMILES string of the molecule is CCOC(=O)c1noc([C@@H](N)Cc2ccccc2)n1. The zero-order chi connectivity index (χ0) is 13.7. The molecule has 0 aliphatic carbocycles. The predicted octanol–water partition coefficient (Wildman–Crippen LogP) is 1.49. The summed E-state index contributed by atoms with van der Waals surface area (Å²) in [7, 11) is 0. The first kappa shape index (κ1) is 13.2. The minimum Gasteiger partial charge on any atom is -0.460 e. The summed E-state index contributed by atoms with van der Waals surface area (Å²) in [4.78, 5) is 15.3. The molecule has 0 radical (unpaired) electrons. The average molecular weight is 261 g/mol. The molecular formula is C13H15N3O3. The van der Waals surface area contributed by atoms with Crippen LogP contribution in [0.2, 0.25) is 0 Å². The summed E-state index contributed by atoms with van der Waals surface area (Å²) in [5.74, 6) is -0.475. The van der Waals surface area contributed by atoms with E-state index in [9.17, 15) is 4.79 Å². The first-order chi connectivity index (χ1) is 9.20. The molecule has 19 heavy (non-hydrogen) atoms. The molecule has 0 spiro atoms. The fraction of sp³-hybridized carbons (Fsp3) is 0.308. The minimum atomic E-state index is -0.607.